The molecule has 0 spiro atoms. The summed E-state index contributed by atoms with van der Waals surface area (Å²) in [5.74, 6) is 1.69. The standard InChI is InChI=1S/C16H33NO/c1-14(2)13-17-11-5-4-6-12-18-16-9-7-15(3)8-10-16/h14-17H,4-13H2,1-3H3. The molecule has 1 aliphatic carbocycles. The van der Waals surface area contributed by atoms with Crippen molar-refractivity contribution in [2.45, 2.75) is 71.8 Å². The minimum atomic E-state index is 0.570. The molecule has 0 aromatic rings. The minimum Gasteiger partial charge on any atom is -0.378 e. The second-order valence-corrected chi connectivity index (χ2v) is 6.41. The topological polar surface area (TPSA) is 21.3 Å². The molecule has 0 aromatic heterocycles. The van der Waals surface area contributed by atoms with Crippen molar-refractivity contribution in [2.75, 3.05) is 19.7 Å². The summed E-state index contributed by atoms with van der Waals surface area (Å²) in [6.07, 6.45) is 9.70. The molecular formula is C16H33NO. The van der Waals surface area contributed by atoms with E-state index in [2.05, 4.69) is 26.1 Å². The minimum absolute atomic E-state index is 0.570. The quantitative estimate of drug-likeness (QED) is 0.629. The lowest BCUT2D eigenvalue weighted by Gasteiger charge is -2.26. The summed E-state index contributed by atoms with van der Waals surface area (Å²) in [5.41, 5.74) is 0. The summed E-state index contributed by atoms with van der Waals surface area (Å²) < 4.78 is 5.96. The van der Waals surface area contributed by atoms with Crippen LogP contribution in [0.3, 0.4) is 0 Å². The van der Waals surface area contributed by atoms with Crippen molar-refractivity contribution in [2.24, 2.45) is 11.8 Å². The van der Waals surface area contributed by atoms with Crippen LogP contribution in [0.4, 0.5) is 0 Å². The smallest absolute Gasteiger partial charge is 0.0575 e. The Balaban J connectivity index is 1.81. The highest BCUT2D eigenvalue weighted by Gasteiger charge is 2.17. The molecule has 0 bridgehead atoms. The summed E-state index contributed by atoms with van der Waals surface area (Å²) in [7, 11) is 0. The largest absolute Gasteiger partial charge is 0.378 e. The van der Waals surface area contributed by atoms with Gasteiger partial charge in [0.1, 0.15) is 0 Å². The van der Waals surface area contributed by atoms with E-state index >= 15 is 0 Å². The van der Waals surface area contributed by atoms with Gasteiger partial charge in [0.05, 0.1) is 6.10 Å². The van der Waals surface area contributed by atoms with Crippen LogP contribution in [0.25, 0.3) is 0 Å². The highest BCUT2D eigenvalue weighted by Crippen LogP contribution is 2.25. The van der Waals surface area contributed by atoms with Crippen LogP contribution in [0.1, 0.15) is 65.7 Å². The summed E-state index contributed by atoms with van der Waals surface area (Å²) in [4.78, 5) is 0. The molecule has 0 saturated heterocycles. The SMILES string of the molecule is CC(C)CNCCCCCOC1CCC(C)CC1. The van der Waals surface area contributed by atoms with E-state index in [9.17, 15) is 0 Å². The zero-order valence-corrected chi connectivity index (χ0v) is 12.7. The molecule has 0 amide bonds. The molecule has 0 heterocycles. The van der Waals surface area contributed by atoms with E-state index in [-0.39, 0.29) is 0 Å². The Morgan fingerprint density at radius 1 is 1.06 bits per heavy atom. The molecule has 0 radical (unpaired) electrons. The fourth-order valence-corrected chi connectivity index (χ4v) is 2.57. The van der Waals surface area contributed by atoms with E-state index < -0.39 is 0 Å². The molecule has 1 saturated carbocycles. The van der Waals surface area contributed by atoms with Crippen LogP contribution in [-0.2, 0) is 4.74 Å². The second-order valence-electron chi connectivity index (χ2n) is 6.41. The molecule has 1 N–H and O–H groups in total. The van der Waals surface area contributed by atoms with Gasteiger partial charge in [0.25, 0.3) is 0 Å². The zero-order valence-electron chi connectivity index (χ0n) is 12.7. The number of rotatable bonds is 9. The first kappa shape index (κ1) is 16.0. The molecule has 0 unspecified atom stereocenters. The van der Waals surface area contributed by atoms with Crippen molar-refractivity contribution in [3.05, 3.63) is 0 Å². The molecule has 0 aliphatic heterocycles. The van der Waals surface area contributed by atoms with Crippen LogP contribution < -0.4 is 5.32 Å². The molecule has 1 fully saturated rings. The number of hydrogen-bond acceptors (Lipinski definition) is 2. The van der Waals surface area contributed by atoms with Gasteiger partial charge in [-0.25, -0.2) is 0 Å². The van der Waals surface area contributed by atoms with Crippen molar-refractivity contribution in [1.82, 2.24) is 5.32 Å². The molecule has 2 nitrogen and oxygen atoms in total. The van der Waals surface area contributed by atoms with Gasteiger partial charge in [-0.15, -0.1) is 0 Å². The van der Waals surface area contributed by atoms with Gasteiger partial charge in [-0.05, 0) is 69.9 Å². The summed E-state index contributed by atoms with van der Waals surface area (Å²) in [6.45, 7) is 10.2. The maximum absolute atomic E-state index is 5.96. The van der Waals surface area contributed by atoms with Crippen LogP contribution in [0.5, 0.6) is 0 Å². The molecule has 0 aromatic carbocycles. The van der Waals surface area contributed by atoms with E-state index in [1.807, 2.05) is 0 Å². The van der Waals surface area contributed by atoms with Crippen molar-refractivity contribution >= 4 is 0 Å². The third-order valence-corrected chi connectivity index (χ3v) is 3.87. The Kier molecular flexibility index (Phi) is 8.70. The Bertz CT molecular complexity index is 186. The van der Waals surface area contributed by atoms with E-state index in [0.717, 1.165) is 25.0 Å². The van der Waals surface area contributed by atoms with E-state index in [1.54, 1.807) is 0 Å². The van der Waals surface area contributed by atoms with Gasteiger partial charge in [-0.3, -0.25) is 0 Å². The van der Waals surface area contributed by atoms with Crippen molar-refractivity contribution < 1.29 is 4.74 Å². The van der Waals surface area contributed by atoms with Gasteiger partial charge in [-0.2, -0.15) is 0 Å². The summed E-state index contributed by atoms with van der Waals surface area (Å²) in [5, 5.41) is 3.49. The fourth-order valence-electron chi connectivity index (χ4n) is 2.57. The van der Waals surface area contributed by atoms with Gasteiger partial charge >= 0.3 is 0 Å². The average molecular weight is 255 g/mol. The molecule has 108 valence electrons. The summed E-state index contributed by atoms with van der Waals surface area (Å²) in [6, 6.07) is 0. The first-order valence-electron chi connectivity index (χ1n) is 8.00. The van der Waals surface area contributed by atoms with E-state index in [0.29, 0.717) is 6.10 Å². The average Bonchev–Trinajstić information content (AvgIpc) is 2.34. The van der Waals surface area contributed by atoms with E-state index in [1.165, 1.54) is 51.5 Å². The zero-order chi connectivity index (χ0) is 13.2. The first-order chi connectivity index (χ1) is 8.68. The highest BCUT2D eigenvalue weighted by atomic mass is 16.5. The lowest BCUT2D eigenvalue weighted by Crippen LogP contribution is -2.21. The highest BCUT2D eigenvalue weighted by molar-refractivity contribution is 4.69. The maximum Gasteiger partial charge on any atom is 0.0575 e. The molecule has 0 atom stereocenters. The van der Waals surface area contributed by atoms with Crippen LogP contribution in [0, 0.1) is 11.8 Å². The van der Waals surface area contributed by atoms with Crippen LogP contribution >= 0.6 is 0 Å². The fraction of sp³-hybridized carbons (Fsp3) is 1.00. The molecule has 1 aliphatic rings. The third-order valence-electron chi connectivity index (χ3n) is 3.87. The molecule has 2 heteroatoms. The Morgan fingerprint density at radius 3 is 2.44 bits per heavy atom. The van der Waals surface area contributed by atoms with Gasteiger partial charge < -0.3 is 10.1 Å². The molecule has 18 heavy (non-hydrogen) atoms. The summed E-state index contributed by atoms with van der Waals surface area (Å²) >= 11 is 0. The van der Waals surface area contributed by atoms with Crippen molar-refractivity contribution in [3.63, 3.8) is 0 Å². The second kappa shape index (κ2) is 9.80. The number of hydrogen-bond donors (Lipinski definition) is 1. The predicted octanol–water partition coefficient (Wildman–Crippen LogP) is 4.00. The van der Waals surface area contributed by atoms with Crippen LogP contribution in [0.15, 0.2) is 0 Å². The van der Waals surface area contributed by atoms with Gasteiger partial charge in [0.2, 0.25) is 0 Å². The maximum atomic E-state index is 5.96. The Morgan fingerprint density at radius 2 is 1.78 bits per heavy atom. The Labute approximate surface area is 114 Å². The molecule has 1 rings (SSSR count). The Hall–Kier alpha value is -0.0800. The van der Waals surface area contributed by atoms with Crippen molar-refractivity contribution in [3.8, 4) is 0 Å². The normalized spacial score (nSPS) is 24.7. The lowest BCUT2D eigenvalue weighted by molar-refractivity contribution is 0.0179. The monoisotopic (exact) mass is 255 g/mol. The third kappa shape index (κ3) is 8.10. The number of nitrogens with one attached hydrogen (secondary N) is 1. The van der Waals surface area contributed by atoms with Gasteiger partial charge in [0.15, 0.2) is 0 Å². The molecular weight excluding hydrogens is 222 g/mol. The number of unbranched alkanes of at least 4 members (excludes halogenated alkanes) is 2. The lowest BCUT2D eigenvalue weighted by atomic mass is 9.89. The van der Waals surface area contributed by atoms with Crippen molar-refractivity contribution in [1.29, 1.82) is 0 Å². The van der Waals surface area contributed by atoms with E-state index in [4.69, 9.17) is 4.74 Å². The first-order valence-corrected chi connectivity index (χ1v) is 8.00. The van der Waals surface area contributed by atoms with Crippen LogP contribution in [0.2, 0.25) is 0 Å². The predicted molar refractivity (Wildman–Crippen MR) is 78.9 cm³/mol. The number of ether oxygens (including phenoxy) is 1. The van der Waals surface area contributed by atoms with Gasteiger partial charge in [0, 0.05) is 6.61 Å². The van der Waals surface area contributed by atoms with Gasteiger partial charge in [-0.1, -0.05) is 20.8 Å². The van der Waals surface area contributed by atoms with Crippen LogP contribution in [-0.4, -0.2) is 25.8 Å².